The Kier molecular flexibility index (Phi) is 6.11. The minimum absolute atomic E-state index is 0.121. The number of carbonyl (C=O) groups is 2. The third-order valence-electron chi connectivity index (χ3n) is 5.75. The standard InChI is InChI=1S/C23H22ClF2NO4S/c1-23(2)30-21(28)19(22(29)31-23)17(18-15(25)7-12(24)8-16(18)26)14-9-27-20-11(10-32-3)5-4-6-13(14)20/h4-8,14,17,19,27H,9-10H2,1-3H3. The molecule has 0 spiro atoms. The van der Waals surface area contributed by atoms with Crippen LogP contribution in [0.5, 0.6) is 0 Å². The molecule has 2 aliphatic rings. The highest BCUT2D eigenvalue weighted by Gasteiger charge is 2.52. The Labute approximate surface area is 193 Å². The van der Waals surface area contributed by atoms with Gasteiger partial charge in [-0.2, -0.15) is 11.8 Å². The van der Waals surface area contributed by atoms with Crippen LogP contribution >= 0.6 is 23.4 Å². The Balaban J connectivity index is 1.88. The first-order valence-electron chi connectivity index (χ1n) is 10.1. The number of para-hydroxylation sites is 1. The molecule has 1 saturated heterocycles. The summed E-state index contributed by atoms with van der Waals surface area (Å²) in [4.78, 5) is 25.9. The molecule has 2 aromatic rings. The van der Waals surface area contributed by atoms with Crippen LogP contribution < -0.4 is 5.32 Å². The molecule has 9 heteroatoms. The number of esters is 2. The Morgan fingerprint density at radius 1 is 1.19 bits per heavy atom. The van der Waals surface area contributed by atoms with Crippen molar-refractivity contribution in [2.24, 2.45) is 5.92 Å². The van der Waals surface area contributed by atoms with E-state index >= 15 is 8.78 Å². The van der Waals surface area contributed by atoms with Crippen LogP contribution in [0.2, 0.25) is 5.02 Å². The molecule has 2 unspecified atom stereocenters. The zero-order chi connectivity index (χ0) is 23.2. The summed E-state index contributed by atoms with van der Waals surface area (Å²) in [6.07, 6.45) is 1.98. The van der Waals surface area contributed by atoms with Crippen molar-refractivity contribution in [2.75, 3.05) is 18.1 Å². The zero-order valence-electron chi connectivity index (χ0n) is 17.7. The third kappa shape index (κ3) is 4.06. The summed E-state index contributed by atoms with van der Waals surface area (Å²) in [5, 5.41) is 3.18. The smallest absolute Gasteiger partial charge is 0.324 e. The second kappa shape index (κ2) is 8.56. The van der Waals surface area contributed by atoms with Crippen molar-refractivity contribution in [3.63, 3.8) is 0 Å². The van der Waals surface area contributed by atoms with E-state index in [0.29, 0.717) is 0 Å². The monoisotopic (exact) mass is 481 g/mol. The lowest BCUT2D eigenvalue weighted by Crippen LogP contribution is -2.49. The number of thioether (sulfide) groups is 1. The van der Waals surface area contributed by atoms with Gasteiger partial charge in [0, 0.05) is 54.3 Å². The lowest BCUT2D eigenvalue weighted by Gasteiger charge is -2.38. The van der Waals surface area contributed by atoms with Gasteiger partial charge in [0.05, 0.1) is 0 Å². The van der Waals surface area contributed by atoms with E-state index < -0.39 is 47.1 Å². The van der Waals surface area contributed by atoms with E-state index in [0.717, 1.165) is 34.7 Å². The highest BCUT2D eigenvalue weighted by Crippen LogP contribution is 2.49. The summed E-state index contributed by atoms with van der Waals surface area (Å²) in [5.41, 5.74) is 2.27. The molecule has 32 heavy (non-hydrogen) atoms. The van der Waals surface area contributed by atoms with Crippen molar-refractivity contribution in [3.8, 4) is 0 Å². The van der Waals surface area contributed by atoms with E-state index in [-0.39, 0.29) is 17.1 Å². The number of halogens is 3. The number of carbonyl (C=O) groups excluding carboxylic acids is 2. The lowest BCUT2D eigenvalue weighted by molar-refractivity contribution is -0.241. The predicted molar refractivity (Wildman–Crippen MR) is 119 cm³/mol. The molecule has 0 radical (unpaired) electrons. The highest BCUT2D eigenvalue weighted by molar-refractivity contribution is 7.97. The lowest BCUT2D eigenvalue weighted by atomic mass is 9.73. The number of benzene rings is 2. The number of cyclic esters (lactones) is 2. The molecule has 0 amide bonds. The zero-order valence-corrected chi connectivity index (χ0v) is 19.3. The Morgan fingerprint density at radius 3 is 2.41 bits per heavy atom. The van der Waals surface area contributed by atoms with Gasteiger partial charge in [-0.1, -0.05) is 29.8 Å². The van der Waals surface area contributed by atoms with Crippen molar-refractivity contribution in [3.05, 3.63) is 63.7 Å². The number of rotatable bonds is 5. The van der Waals surface area contributed by atoms with Gasteiger partial charge in [-0.25, -0.2) is 8.78 Å². The minimum Gasteiger partial charge on any atom is -0.422 e. The number of hydrogen-bond acceptors (Lipinski definition) is 6. The second-order valence-corrected chi connectivity index (χ2v) is 9.63. The molecule has 5 nitrogen and oxygen atoms in total. The molecule has 2 aromatic carbocycles. The highest BCUT2D eigenvalue weighted by atomic mass is 35.5. The van der Waals surface area contributed by atoms with Gasteiger partial charge in [-0.15, -0.1) is 0 Å². The van der Waals surface area contributed by atoms with Gasteiger partial charge >= 0.3 is 11.9 Å². The molecule has 1 fully saturated rings. The van der Waals surface area contributed by atoms with Crippen LogP contribution in [0.3, 0.4) is 0 Å². The van der Waals surface area contributed by atoms with Gasteiger partial charge in [-0.05, 0) is 29.5 Å². The van der Waals surface area contributed by atoms with Crippen LogP contribution in [0.25, 0.3) is 0 Å². The maximum Gasteiger partial charge on any atom is 0.324 e. The molecule has 0 saturated carbocycles. The van der Waals surface area contributed by atoms with Crippen LogP contribution in [0, 0.1) is 17.6 Å². The third-order valence-corrected chi connectivity index (χ3v) is 6.57. The topological polar surface area (TPSA) is 64.6 Å². The largest absolute Gasteiger partial charge is 0.422 e. The van der Waals surface area contributed by atoms with Crippen molar-refractivity contribution in [2.45, 2.75) is 37.2 Å². The second-order valence-electron chi connectivity index (χ2n) is 8.33. The van der Waals surface area contributed by atoms with Gasteiger partial charge in [-0.3, -0.25) is 9.59 Å². The van der Waals surface area contributed by atoms with Crippen LogP contribution in [0.15, 0.2) is 30.3 Å². The summed E-state index contributed by atoms with van der Waals surface area (Å²) in [6.45, 7) is 3.14. The number of ether oxygens (including phenoxy) is 2. The van der Waals surface area contributed by atoms with Crippen LogP contribution in [0.1, 0.15) is 42.4 Å². The molecule has 2 aliphatic heterocycles. The van der Waals surface area contributed by atoms with E-state index in [1.807, 2.05) is 24.5 Å². The molecule has 1 N–H and O–H groups in total. The maximum absolute atomic E-state index is 15.1. The van der Waals surface area contributed by atoms with E-state index in [1.165, 1.54) is 13.8 Å². The fraction of sp³-hybridized carbons (Fsp3) is 0.391. The Morgan fingerprint density at radius 2 is 1.81 bits per heavy atom. The van der Waals surface area contributed by atoms with Crippen LogP contribution in [-0.4, -0.2) is 30.5 Å². The number of anilines is 1. The maximum atomic E-state index is 15.1. The molecule has 2 heterocycles. The summed E-state index contributed by atoms with van der Waals surface area (Å²) in [5.74, 6) is -7.64. The van der Waals surface area contributed by atoms with Crippen molar-refractivity contribution >= 4 is 41.0 Å². The predicted octanol–water partition coefficient (Wildman–Crippen LogP) is 5.23. The first-order chi connectivity index (χ1) is 15.1. The summed E-state index contributed by atoms with van der Waals surface area (Å²) in [7, 11) is 0. The summed E-state index contributed by atoms with van der Waals surface area (Å²) < 4.78 is 40.8. The van der Waals surface area contributed by atoms with E-state index in [1.54, 1.807) is 11.8 Å². The normalized spacial score (nSPS) is 20.9. The molecule has 0 aromatic heterocycles. The van der Waals surface area contributed by atoms with Gasteiger partial charge in [0.1, 0.15) is 11.6 Å². The van der Waals surface area contributed by atoms with E-state index in [4.69, 9.17) is 21.1 Å². The summed E-state index contributed by atoms with van der Waals surface area (Å²) >= 11 is 7.46. The number of nitrogens with one attached hydrogen (secondary N) is 1. The van der Waals surface area contributed by atoms with Crippen molar-refractivity contribution < 1.29 is 27.8 Å². The van der Waals surface area contributed by atoms with Gasteiger partial charge in [0.15, 0.2) is 5.92 Å². The molecule has 4 rings (SSSR count). The SMILES string of the molecule is CSCc1cccc2c1NCC2C(c1c(F)cc(Cl)cc1F)C1C(=O)OC(C)(C)OC1=O. The quantitative estimate of drug-likeness (QED) is 0.466. The molecule has 2 atom stereocenters. The molecular weight excluding hydrogens is 460 g/mol. The van der Waals surface area contributed by atoms with Crippen LogP contribution in [0.4, 0.5) is 14.5 Å². The number of fused-ring (bicyclic) bond motifs is 1. The van der Waals surface area contributed by atoms with Crippen LogP contribution in [-0.2, 0) is 24.8 Å². The number of hydrogen-bond donors (Lipinski definition) is 1. The summed E-state index contributed by atoms with van der Waals surface area (Å²) in [6, 6.07) is 7.62. The fourth-order valence-corrected chi connectivity index (χ4v) is 5.30. The van der Waals surface area contributed by atoms with Gasteiger partial charge in [0.2, 0.25) is 0 Å². The van der Waals surface area contributed by atoms with E-state index in [2.05, 4.69) is 5.32 Å². The Hall–Kier alpha value is -2.32. The molecular formula is C23H22ClF2NO4S. The van der Waals surface area contributed by atoms with Crippen molar-refractivity contribution in [1.82, 2.24) is 0 Å². The first kappa shape index (κ1) is 22.9. The average Bonchev–Trinajstić information content (AvgIpc) is 3.09. The van der Waals surface area contributed by atoms with Gasteiger partial charge < -0.3 is 14.8 Å². The van der Waals surface area contributed by atoms with Crippen molar-refractivity contribution in [1.29, 1.82) is 0 Å². The van der Waals surface area contributed by atoms with E-state index in [9.17, 15) is 9.59 Å². The average molecular weight is 482 g/mol. The Bertz CT molecular complexity index is 1050. The molecule has 0 bridgehead atoms. The minimum atomic E-state index is -1.53. The molecule has 170 valence electrons. The molecule has 0 aliphatic carbocycles. The van der Waals surface area contributed by atoms with Gasteiger partial charge in [0.25, 0.3) is 5.79 Å². The first-order valence-corrected chi connectivity index (χ1v) is 11.8. The fourth-order valence-electron chi connectivity index (χ4n) is 4.56.